The summed E-state index contributed by atoms with van der Waals surface area (Å²) in [5.41, 5.74) is 2.51. The number of aromatic nitrogens is 3. The summed E-state index contributed by atoms with van der Waals surface area (Å²) in [5, 5.41) is 8.00. The maximum atomic E-state index is 11.5. The highest BCUT2D eigenvalue weighted by molar-refractivity contribution is 5.97. The van der Waals surface area contributed by atoms with Crippen LogP contribution in [0.2, 0.25) is 0 Å². The highest BCUT2D eigenvalue weighted by Crippen LogP contribution is 2.34. The molecule has 1 fully saturated rings. The van der Waals surface area contributed by atoms with Gasteiger partial charge in [0, 0.05) is 37.3 Å². The number of rotatable bonds is 4. The Bertz CT molecular complexity index is 876. The summed E-state index contributed by atoms with van der Waals surface area (Å²) in [5.74, 6) is 0.516. The predicted molar refractivity (Wildman–Crippen MR) is 91.1 cm³/mol. The van der Waals surface area contributed by atoms with E-state index < -0.39 is 0 Å². The predicted octanol–water partition coefficient (Wildman–Crippen LogP) is 2.58. The molecule has 0 saturated carbocycles. The van der Waals surface area contributed by atoms with Gasteiger partial charge >= 0.3 is 0 Å². The molecule has 3 aromatic heterocycles. The number of H-pyrrole nitrogens is 1. The molecule has 24 heavy (non-hydrogen) atoms. The van der Waals surface area contributed by atoms with Gasteiger partial charge in [0.15, 0.2) is 11.5 Å². The maximum Gasteiger partial charge on any atom is 0.230 e. The van der Waals surface area contributed by atoms with Gasteiger partial charge < -0.3 is 20.0 Å². The smallest absolute Gasteiger partial charge is 0.230 e. The van der Waals surface area contributed by atoms with Crippen molar-refractivity contribution in [3.8, 4) is 11.5 Å². The van der Waals surface area contributed by atoms with Crippen LogP contribution >= 0.6 is 0 Å². The van der Waals surface area contributed by atoms with Crippen LogP contribution in [-0.4, -0.2) is 39.9 Å². The molecule has 1 atom stereocenters. The molecule has 0 spiro atoms. The van der Waals surface area contributed by atoms with Gasteiger partial charge in [-0.15, -0.1) is 0 Å². The second-order valence-electron chi connectivity index (χ2n) is 6.06. The molecule has 7 nitrogen and oxygen atoms in total. The van der Waals surface area contributed by atoms with Crippen LogP contribution in [0.25, 0.3) is 22.5 Å². The van der Waals surface area contributed by atoms with Crippen molar-refractivity contribution in [3.63, 3.8) is 0 Å². The number of hydrogen-bond acceptors (Lipinski definition) is 6. The van der Waals surface area contributed by atoms with Gasteiger partial charge in [-0.05, 0) is 25.5 Å². The van der Waals surface area contributed by atoms with E-state index in [0.29, 0.717) is 11.9 Å². The largest absolute Gasteiger partial charge is 0.433 e. The lowest BCUT2D eigenvalue weighted by Gasteiger charge is -2.26. The lowest BCUT2D eigenvalue weighted by Crippen LogP contribution is -2.38. The zero-order chi connectivity index (χ0) is 16.5. The number of ketones is 1. The fourth-order valence-electron chi connectivity index (χ4n) is 3.07. The van der Waals surface area contributed by atoms with E-state index in [9.17, 15) is 4.79 Å². The van der Waals surface area contributed by atoms with Crippen molar-refractivity contribution in [2.45, 2.75) is 25.8 Å². The number of fused-ring (bicyclic) bond motifs is 1. The first-order valence-electron chi connectivity index (χ1n) is 8.13. The first kappa shape index (κ1) is 14.9. The molecular weight excluding hydrogens is 306 g/mol. The van der Waals surface area contributed by atoms with Crippen LogP contribution in [0.4, 0.5) is 5.69 Å². The van der Waals surface area contributed by atoms with Gasteiger partial charge in [-0.3, -0.25) is 4.79 Å². The standard InChI is InChI=1S/C17H19N5O2/c1-10(23)14-9-21-17(24-14)13-8-20-16-12(4-6-19-16)15(13)22-11-3-2-5-18-7-11/h4,6,8-9,11,18H,2-3,5,7H2,1H3,(H2,19,20,22). The van der Waals surface area contributed by atoms with Gasteiger partial charge in [-0.2, -0.15) is 0 Å². The number of Topliss-reactive ketones (excluding diaryl/α,β-unsaturated/α-hetero) is 1. The van der Waals surface area contributed by atoms with Crippen LogP contribution in [0, 0.1) is 0 Å². The van der Waals surface area contributed by atoms with Crippen molar-refractivity contribution >= 4 is 22.5 Å². The third-order valence-electron chi connectivity index (χ3n) is 4.32. The Morgan fingerprint density at radius 3 is 3.04 bits per heavy atom. The number of hydrogen-bond donors (Lipinski definition) is 3. The fourth-order valence-corrected chi connectivity index (χ4v) is 3.07. The van der Waals surface area contributed by atoms with E-state index in [0.717, 1.165) is 48.2 Å². The van der Waals surface area contributed by atoms with E-state index in [4.69, 9.17) is 4.42 Å². The van der Waals surface area contributed by atoms with Crippen LogP contribution in [0.5, 0.6) is 0 Å². The van der Waals surface area contributed by atoms with Crippen LogP contribution in [-0.2, 0) is 0 Å². The number of anilines is 1. The van der Waals surface area contributed by atoms with Gasteiger partial charge in [0.25, 0.3) is 0 Å². The minimum absolute atomic E-state index is 0.143. The number of carbonyl (C=O) groups excluding carboxylic acids is 1. The van der Waals surface area contributed by atoms with E-state index in [1.165, 1.54) is 13.1 Å². The Labute approximate surface area is 138 Å². The average Bonchev–Trinajstić information content (AvgIpc) is 3.25. The van der Waals surface area contributed by atoms with Crippen molar-refractivity contribution in [1.29, 1.82) is 0 Å². The molecule has 0 aliphatic carbocycles. The number of pyridine rings is 1. The molecule has 7 heteroatoms. The van der Waals surface area contributed by atoms with Gasteiger partial charge in [0.05, 0.1) is 17.4 Å². The SMILES string of the molecule is CC(=O)c1cnc(-c2cnc3[nH]ccc3c2NC2CCCNC2)o1. The topological polar surface area (TPSA) is 95.8 Å². The molecule has 0 bridgehead atoms. The third-order valence-corrected chi connectivity index (χ3v) is 4.32. The molecule has 0 radical (unpaired) electrons. The van der Waals surface area contributed by atoms with Crippen molar-refractivity contribution < 1.29 is 9.21 Å². The van der Waals surface area contributed by atoms with Crippen molar-refractivity contribution in [1.82, 2.24) is 20.3 Å². The van der Waals surface area contributed by atoms with Crippen molar-refractivity contribution in [2.24, 2.45) is 0 Å². The molecule has 1 unspecified atom stereocenters. The fraction of sp³-hybridized carbons (Fsp3) is 0.353. The summed E-state index contributed by atoms with van der Waals surface area (Å²) >= 11 is 0. The van der Waals surface area contributed by atoms with Gasteiger partial charge in [-0.1, -0.05) is 0 Å². The lowest BCUT2D eigenvalue weighted by atomic mass is 10.1. The lowest BCUT2D eigenvalue weighted by molar-refractivity contribution is 0.0988. The minimum Gasteiger partial charge on any atom is -0.433 e. The quantitative estimate of drug-likeness (QED) is 0.638. The second-order valence-corrected chi connectivity index (χ2v) is 6.06. The normalized spacial score (nSPS) is 18.0. The molecule has 1 aliphatic rings. The molecule has 1 aliphatic heterocycles. The number of nitrogens with one attached hydrogen (secondary N) is 3. The number of piperidine rings is 1. The highest BCUT2D eigenvalue weighted by atomic mass is 16.4. The van der Waals surface area contributed by atoms with E-state index >= 15 is 0 Å². The molecule has 4 rings (SSSR count). The molecule has 3 aromatic rings. The summed E-state index contributed by atoms with van der Waals surface area (Å²) in [6, 6.07) is 2.32. The first-order chi connectivity index (χ1) is 11.7. The van der Waals surface area contributed by atoms with Gasteiger partial charge in [-0.25, -0.2) is 9.97 Å². The summed E-state index contributed by atoms with van der Waals surface area (Å²) in [4.78, 5) is 23.3. The summed E-state index contributed by atoms with van der Waals surface area (Å²) in [7, 11) is 0. The molecule has 4 heterocycles. The molecule has 0 amide bonds. The highest BCUT2D eigenvalue weighted by Gasteiger charge is 2.20. The molecule has 0 aromatic carbocycles. The Morgan fingerprint density at radius 2 is 2.29 bits per heavy atom. The van der Waals surface area contributed by atoms with Crippen LogP contribution in [0.3, 0.4) is 0 Å². The Morgan fingerprint density at radius 1 is 1.38 bits per heavy atom. The zero-order valence-corrected chi connectivity index (χ0v) is 13.4. The van der Waals surface area contributed by atoms with Crippen LogP contribution < -0.4 is 10.6 Å². The van der Waals surface area contributed by atoms with Crippen LogP contribution in [0.15, 0.2) is 29.1 Å². The Hall–Kier alpha value is -2.67. The van der Waals surface area contributed by atoms with Gasteiger partial charge in [0.2, 0.25) is 5.89 Å². The Kier molecular flexibility index (Phi) is 3.78. The van der Waals surface area contributed by atoms with E-state index in [1.54, 1.807) is 6.20 Å². The molecule has 124 valence electrons. The number of oxazole rings is 1. The number of aromatic amines is 1. The third kappa shape index (κ3) is 2.67. The summed E-state index contributed by atoms with van der Waals surface area (Å²) < 4.78 is 5.62. The van der Waals surface area contributed by atoms with E-state index in [1.807, 2.05) is 12.3 Å². The first-order valence-corrected chi connectivity index (χ1v) is 8.13. The molecule has 1 saturated heterocycles. The molecule has 3 N–H and O–H groups in total. The van der Waals surface area contributed by atoms with E-state index in [2.05, 4.69) is 25.6 Å². The number of nitrogens with zero attached hydrogens (tertiary/aromatic N) is 2. The van der Waals surface area contributed by atoms with Crippen molar-refractivity contribution in [2.75, 3.05) is 18.4 Å². The average molecular weight is 325 g/mol. The second kappa shape index (κ2) is 6.09. The Balaban J connectivity index is 1.78. The van der Waals surface area contributed by atoms with Crippen molar-refractivity contribution in [3.05, 3.63) is 30.4 Å². The minimum atomic E-state index is -0.143. The zero-order valence-electron chi connectivity index (χ0n) is 13.4. The summed E-state index contributed by atoms with van der Waals surface area (Å²) in [6.07, 6.45) is 7.30. The number of carbonyl (C=O) groups is 1. The van der Waals surface area contributed by atoms with E-state index in [-0.39, 0.29) is 11.5 Å². The monoisotopic (exact) mass is 325 g/mol. The maximum absolute atomic E-state index is 11.5. The van der Waals surface area contributed by atoms with Gasteiger partial charge in [0.1, 0.15) is 5.65 Å². The molecular formula is C17H19N5O2. The van der Waals surface area contributed by atoms with Crippen LogP contribution in [0.1, 0.15) is 30.3 Å². The summed E-state index contributed by atoms with van der Waals surface area (Å²) in [6.45, 7) is 3.44.